The Kier molecular flexibility index (Phi) is 6.30. The summed E-state index contributed by atoms with van der Waals surface area (Å²) in [5.41, 5.74) is 16.9. The summed E-state index contributed by atoms with van der Waals surface area (Å²) < 4.78 is 2.37. The van der Waals surface area contributed by atoms with Gasteiger partial charge in [-0.3, -0.25) is 0 Å². The third-order valence-corrected chi connectivity index (χ3v) is 10.2. The Bertz CT molecular complexity index is 2420. The van der Waals surface area contributed by atoms with Crippen molar-refractivity contribution < 1.29 is 0 Å². The zero-order valence-corrected chi connectivity index (χ0v) is 26.7. The van der Waals surface area contributed by atoms with Crippen molar-refractivity contribution in [3.8, 4) is 39.1 Å². The minimum atomic E-state index is 0.0325. The molecule has 0 saturated carbocycles. The van der Waals surface area contributed by atoms with Gasteiger partial charge in [0.2, 0.25) is 0 Å². The van der Waals surface area contributed by atoms with E-state index in [4.69, 9.17) is 0 Å². The van der Waals surface area contributed by atoms with Crippen LogP contribution in [0.4, 0.5) is 0 Å². The number of aromatic nitrogens is 1. The molecule has 0 atom stereocenters. The Morgan fingerprint density at radius 3 is 1.79 bits per heavy atom. The van der Waals surface area contributed by atoms with Crippen molar-refractivity contribution >= 4 is 21.8 Å². The third kappa shape index (κ3) is 4.54. The second kappa shape index (κ2) is 10.7. The standard InChI is InChI=1S/C46H35N/c1-46(2)42-14-8-6-12-38(42)39-26-18-32(29-43(39)46)28-31-16-19-33(20-17-31)34-21-23-35(24-22-34)36-25-27-45-41(30-36)40-13-7-9-15-44(40)47(45)37-10-4-3-5-11-37/h3-27,29-30H,28H2,1-2H3. The molecule has 0 N–H and O–H groups in total. The fourth-order valence-corrected chi connectivity index (χ4v) is 7.77. The zero-order chi connectivity index (χ0) is 31.5. The SMILES string of the molecule is CC1(C)c2ccccc2-c2ccc(Cc3ccc(-c4ccc(-c5ccc6c(c5)c5ccccc5n6-c5ccccc5)cc4)cc3)cc21. The van der Waals surface area contributed by atoms with Gasteiger partial charge in [0.25, 0.3) is 0 Å². The Hall–Kier alpha value is -5.66. The molecular weight excluding hydrogens is 567 g/mol. The maximum atomic E-state index is 2.43. The molecule has 224 valence electrons. The second-order valence-corrected chi connectivity index (χ2v) is 13.4. The van der Waals surface area contributed by atoms with Crippen LogP contribution >= 0.6 is 0 Å². The number of para-hydroxylation sites is 2. The highest BCUT2D eigenvalue weighted by Gasteiger charge is 2.35. The van der Waals surface area contributed by atoms with Crippen LogP contribution < -0.4 is 0 Å². The van der Waals surface area contributed by atoms with E-state index >= 15 is 0 Å². The van der Waals surface area contributed by atoms with Gasteiger partial charge in [0.15, 0.2) is 0 Å². The summed E-state index contributed by atoms with van der Waals surface area (Å²) in [6.45, 7) is 4.70. The highest BCUT2D eigenvalue weighted by atomic mass is 15.0. The number of hydrogen-bond acceptors (Lipinski definition) is 0. The lowest BCUT2D eigenvalue weighted by Gasteiger charge is -2.22. The number of rotatable bonds is 5. The molecule has 1 aromatic heterocycles. The molecule has 7 aromatic carbocycles. The molecule has 1 aliphatic rings. The Labute approximate surface area is 276 Å². The predicted octanol–water partition coefficient (Wildman–Crippen LogP) is 12.0. The van der Waals surface area contributed by atoms with E-state index in [0.717, 1.165) is 6.42 Å². The lowest BCUT2D eigenvalue weighted by atomic mass is 9.81. The summed E-state index contributed by atoms with van der Waals surface area (Å²) in [5, 5.41) is 2.55. The van der Waals surface area contributed by atoms with Crippen LogP contribution in [0.1, 0.15) is 36.1 Å². The van der Waals surface area contributed by atoms with Crippen LogP contribution in [0, 0.1) is 0 Å². The second-order valence-electron chi connectivity index (χ2n) is 13.4. The maximum absolute atomic E-state index is 2.43. The van der Waals surface area contributed by atoms with Crippen LogP contribution in [0.2, 0.25) is 0 Å². The molecule has 0 saturated heterocycles. The highest BCUT2D eigenvalue weighted by molar-refractivity contribution is 6.10. The Balaban J connectivity index is 0.971. The van der Waals surface area contributed by atoms with Crippen molar-refractivity contribution in [2.45, 2.75) is 25.7 Å². The van der Waals surface area contributed by atoms with Gasteiger partial charge in [-0.05, 0) is 92.4 Å². The van der Waals surface area contributed by atoms with Crippen molar-refractivity contribution in [2.24, 2.45) is 0 Å². The summed E-state index contributed by atoms with van der Waals surface area (Å²) in [5.74, 6) is 0. The van der Waals surface area contributed by atoms with Gasteiger partial charge in [-0.25, -0.2) is 0 Å². The monoisotopic (exact) mass is 601 g/mol. The molecule has 0 bridgehead atoms. The fourth-order valence-electron chi connectivity index (χ4n) is 7.77. The van der Waals surface area contributed by atoms with Crippen LogP contribution in [0.5, 0.6) is 0 Å². The van der Waals surface area contributed by atoms with E-state index in [1.165, 1.54) is 83.1 Å². The first kappa shape index (κ1) is 27.6. The first-order valence-electron chi connectivity index (χ1n) is 16.6. The summed E-state index contributed by atoms with van der Waals surface area (Å²) in [4.78, 5) is 0. The average molecular weight is 602 g/mol. The Morgan fingerprint density at radius 2 is 1.00 bits per heavy atom. The molecule has 0 amide bonds. The molecule has 0 radical (unpaired) electrons. The van der Waals surface area contributed by atoms with Gasteiger partial charge in [-0.2, -0.15) is 0 Å². The molecule has 0 fully saturated rings. The van der Waals surface area contributed by atoms with Gasteiger partial charge in [0, 0.05) is 21.9 Å². The van der Waals surface area contributed by atoms with Gasteiger partial charge in [0.1, 0.15) is 0 Å². The first-order chi connectivity index (χ1) is 23.0. The van der Waals surface area contributed by atoms with Crippen LogP contribution in [-0.2, 0) is 11.8 Å². The van der Waals surface area contributed by atoms with E-state index in [2.05, 4.69) is 182 Å². The van der Waals surface area contributed by atoms with Gasteiger partial charge < -0.3 is 4.57 Å². The molecule has 1 nitrogen and oxygen atoms in total. The lowest BCUT2D eigenvalue weighted by Crippen LogP contribution is -2.15. The van der Waals surface area contributed by atoms with E-state index in [9.17, 15) is 0 Å². The molecule has 8 aromatic rings. The zero-order valence-electron chi connectivity index (χ0n) is 26.7. The first-order valence-corrected chi connectivity index (χ1v) is 16.6. The Morgan fingerprint density at radius 1 is 0.426 bits per heavy atom. The van der Waals surface area contributed by atoms with Crippen LogP contribution in [0.3, 0.4) is 0 Å². The normalized spacial score (nSPS) is 13.1. The van der Waals surface area contributed by atoms with Gasteiger partial charge in [-0.15, -0.1) is 0 Å². The fraction of sp³-hybridized carbons (Fsp3) is 0.0870. The quantitative estimate of drug-likeness (QED) is 0.185. The molecule has 1 heteroatoms. The van der Waals surface area contributed by atoms with Gasteiger partial charge >= 0.3 is 0 Å². The number of hydrogen-bond donors (Lipinski definition) is 0. The molecule has 1 heterocycles. The summed E-state index contributed by atoms with van der Waals surface area (Å²) in [7, 11) is 0. The van der Waals surface area contributed by atoms with Crippen molar-refractivity contribution in [2.75, 3.05) is 0 Å². The van der Waals surface area contributed by atoms with Crippen molar-refractivity contribution in [1.29, 1.82) is 0 Å². The summed E-state index contributed by atoms with van der Waals surface area (Å²) >= 11 is 0. The van der Waals surface area contributed by atoms with E-state index < -0.39 is 0 Å². The van der Waals surface area contributed by atoms with E-state index in [0.29, 0.717) is 0 Å². The topological polar surface area (TPSA) is 4.93 Å². The van der Waals surface area contributed by atoms with Crippen molar-refractivity contribution in [3.63, 3.8) is 0 Å². The molecule has 9 rings (SSSR count). The van der Waals surface area contributed by atoms with Crippen molar-refractivity contribution in [1.82, 2.24) is 4.57 Å². The smallest absolute Gasteiger partial charge is 0.0541 e. The van der Waals surface area contributed by atoms with Gasteiger partial charge in [-0.1, -0.05) is 147 Å². The number of nitrogens with zero attached hydrogens (tertiary/aromatic N) is 1. The summed E-state index contributed by atoms with van der Waals surface area (Å²) in [6.07, 6.45) is 0.933. The largest absolute Gasteiger partial charge is 0.309 e. The minimum Gasteiger partial charge on any atom is -0.309 e. The minimum absolute atomic E-state index is 0.0325. The van der Waals surface area contributed by atoms with Crippen LogP contribution in [0.15, 0.2) is 164 Å². The average Bonchev–Trinajstić information content (AvgIpc) is 3.57. The molecular formula is C46H35N. The lowest BCUT2D eigenvalue weighted by molar-refractivity contribution is 0.659. The highest BCUT2D eigenvalue weighted by Crippen LogP contribution is 2.48. The molecule has 0 aliphatic heterocycles. The molecule has 47 heavy (non-hydrogen) atoms. The van der Waals surface area contributed by atoms with E-state index in [1.807, 2.05) is 0 Å². The maximum Gasteiger partial charge on any atom is 0.0541 e. The predicted molar refractivity (Wildman–Crippen MR) is 198 cm³/mol. The van der Waals surface area contributed by atoms with Crippen LogP contribution in [-0.4, -0.2) is 4.57 Å². The van der Waals surface area contributed by atoms with Crippen LogP contribution in [0.25, 0.3) is 60.9 Å². The third-order valence-electron chi connectivity index (χ3n) is 10.2. The van der Waals surface area contributed by atoms with E-state index in [1.54, 1.807) is 0 Å². The molecule has 1 aliphatic carbocycles. The number of benzene rings is 7. The number of fused-ring (bicyclic) bond motifs is 6. The van der Waals surface area contributed by atoms with Gasteiger partial charge in [0.05, 0.1) is 11.0 Å². The summed E-state index contributed by atoms with van der Waals surface area (Å²) in [6, 6.07) is 60.2. The molecule has 0 unspecified atom stereocenters. The van der Waals surface area contributed by atoms with E-state index in [-0.39, 0.29) is 5.41 Å². The van der Waals surface area contributed by atoms with Crippen molar-refractivity contribution in [3.05, 3.63) is 186 Å². The molecule has 0 spiro atoms.